The topological polar surface area (TPSA) is 92.9 Å². The molecule has 0 bridgehead atoms. The Morgan fingerprint density at radius 2 is 2.33 bits per heavy atom. The lowest BCUT2D eigenvalue weighted by Gasteiger charge is -2.17. The van der Waals surface area contributed by atoms with E-state index in [1.165, 1.54) is 19.2 Å². The Bertz CT molecular complexity index is 546. The van der Waals surface area contributed by atoms with Crippen LogP contribution in [0.5, 0.6) is 5.75 Å². The molecule has 1 unspecified atom stereocenters. The number of rotatable bonds is 6. The molecule has 0 aliphatic carbocycles. The molecule has 0 aromatic heterocycles. The number of methoxy groups -OCH3 is 1. The molecule has 1 atom stereocenters. The molecule has 7 nitrogen and oxygen atoms in total. The highest BCUT2D eigenvalue weighted by Gasteiger charge is 2.25. The van der Waals surface area contributed by atoms with Crippen LogP contribution in [0.15, 0.2) is 18.2 Å². The van der Waals surface area contributed by atoms with Crippen molar-refractivity contribution in [3.05, 3.63) is 33.9 Å². The molecule has 1 heterocycles. The number of carboxylic acid groups (broad SMARTS) is 1. The van der Waals surface area contributed by atoms with E-state index in [-0.39, 0.29) is 18.0 Å². The number of benzene rings is 1. The van der Waals surface area contributed by atoms with E-state index >= 15 is 0 Å². The first kappa shape index (κ1) is 15.2. The Morgan fingerprint density at radius 3 is 2.95 bits per heavy atom. The summed E-state index contributed by atoms with van der Waals surface area (Å²) in [5.41, 5.74) is 0.787. The fourth-order valence-corrected chi connectivity index (χ4v) is 2.71. The summed E-state index contributed by atoms with van der Waals surface area (Å²) in [6.45, 7) is 2.02. The van der Waals surface area contributed by atoms with Gasteiger partial charge in [0.15, 0.2) is 0 Å². The van der Waals surface area contributed by atoms with Crippen LogP contribution in [0.25, 0.3) is 0 Å². The zero-order chi connectivity index (χ0) is 15.4. The first-order valence-corrected chi connectivity index (χ1v) is 6.75. The molecule has 0 saturated carbocycles. The molecular weight excluding hydrogens is 276 g/mol. The molecule has 0 amide bonds. The van der Waals surface area contributed by atoms with E-state index in [0.717, 1.165) is 18.5 Å². The highest BCUT2D eigenvalue weighted by molar-refractivity contribution is 5.67. The fourth-order valence-electron chi connectivity index (χ4n) is 2.71. The van der Waals surface area contributed by atoms with Gasteiger partial charge < -0.3 is 9.84 Å². The van der Waals surface area contributed by atoms with E-state index in [1.807, 2.05) is 0 Å². The Morgan fingerprint density at radius 1 is 1.57 bits per heavy atom. The summed E-state index contributed by atoms with van der Waals surface area (Å²) in [7, 11) is 1.53. The molecule has 0 radical (unpaired) electrons. The van der Waals surface area contributed by atoms with Crippen LogP contribution in [0.2, 0.25) is 0 Å². The minimum atomic E-state index is -0.783. The Labute approximate surface area is 122 Å². The van der Waals surface area contributed by atoms with Crippen molar-refractivity contribution >= 4 is 11.7 Å². The Kier molecular flexibility index (Phi) is 4.74. The lowest BCUT2D eigenvalue weighted by Crippen LogP contribution is -2.21. The minimum absolute atomic E-state index is 0.0343. The molecule has 1 aliphatic heterocycles. The van der Waals surface area contributed by atoms with Gasteiger partial charge in [0.05, 0.1) is 12.0 Å². The number of carbonyl (C=O) groups is 1. The number of carboxylic acids is 1. The van der Waals surface area contributed by atoms with Gasteiger partial charge in [0.2, 0.25) is 0 Å². The average molecular weight is 294 g/mol. The molecule has 1 aromatic rings. The second-order valence-corrected chi connectivity index (χ2v) is 5.24. The highest BCUT2D eigenvalue weighted by atomic mass is 16.6. The van der Waals surface area contributed by atoms with E-state index in [4.69, 9.17) is 9.84 Å². The van der Waals surface area contributed by atoms with Crippen molar-refractivity contribution in [2.75, 3.05) is 20.2 Å². The first-order valence-electron chi connectivity index (χ1n) is 6.75. The smallest absolute Gasteiger partial charge is 0.303 e. The molecule has 7 heteroatoms. The largest absolute Gasteiger partial charge is 0.496 e. The van der Waals surface area contributed by atoms with Crippen LogP contribution in [0, 0.1) is 16.0 Å². The van der Waals surface area contributed by atoms with E-state index in [9.17, 15) is 14.9 Å². The van der Waals surface area contributed by atoms with Gasteiger partial charge in [-0.2, -0.15) is 0 Å². The van der Waals surface area contributed by atoms with Crippen molar-refractivity contribution in [1.29, 1.82) is 0 Å². The van der Waals surface area contributed by atoms with Gasteiger partial charge in [-0.1, -0.05) is 0 Å². The summed E-state index contributed by atoms with van der Waals surface area (Å²) in [5.74, 6) is -0.0238. The number of nitro benzene ring substituents is 1. The van der Waals surface area contributed by atoms with Crippen LogP contribution in [0.3, 0.4) is 0 Å². The van der Waals surface area contributed by atoms with E-state index in [2.05, 4.69) is 4.90 Å². The van der Waals surface area contributed by atoms with E-state index < -0.39 is 10.9 Å². The summed E-state index contributed by atoms with van der Waals surface area (Å²) in [6, 6.07) is 4.53. The Balaban J connectivity index is 2.07. The summed E-state index contributed by atoms with van der Waals surface area (Å²) in [4.78, 5) is 23.3. The van der Waals surface area contributed by atoms with Gasteiger partial charge in [-0.25, -0.2) is 0 Å². The van der Waals surface area contributed by atoms with Crippen LogP contribution < -0.4 is 4.74 Å². The third-order valence-corrected chi connectivity index (χ3v) is 3.70. The van der Waals surface area contributed by atoms with Gasteiger partial charge in [-0.05, 0) is 24.9 Å². The first-order chi connectivity index (χ1) is 9.99. The second-order valence-electron chi connectivity index (χ2n) is 5.24. The lowest BCUT2D eigenvalue weighted by molar-refractivity contribution is -0.384. The SMILES string of the molecule is COc1ccc([N+](=O)[O-])cc1CN1CCC(CC(=O)O)C1. The molecule has 1 aromatic carbocycles. The van der Waals surface area contributed by atoms with Crippen molar-refractivity contribution in [2.24, 2.45) is 5.92 Å². The summed E-state index contributed by atoms with van der Waals surface area (Å²) in [5, 5.41) is 19.7. The fraction of sp³-hybridized carbons (Fsp3) is 0.500. The molecule has 114 valence electrons. The molecule has 1 aliphatic rings. The zero-order valence-electron chi connectivity index (χ0n) is 11.8. The van der Waals surface area contributed by atoms with Crippen molar-refractivity contribution in [1.82, 2.24) is 4.90 Å². The van der Waals surface area contributed by atoms with Crippen molar-refractivity contribution in [2.45, 2.75) is 19.4 Å². The molecule has 2 rings (SSSR count). The molecule has 1 N–H and O–H groups in total. The number of ether oxygens (including phenoxy) is 1. The van der Waals surface area contributed by atoms with Crippen molar-refractivity contribution in [3.63, 3.8) is 0 Å². The number of likely N-dealkylation sites (tertiary alicyclic amines) is 1. The zero-order valence-corrected chi connectivity index (χ0v) is 11.8. The second kappa shape index (κ2) is 6.53. The number of hydrogen-bond acceptors (Lipinski definition) is 5. The maximum absolute atomic E-state index is 10.8. The number of hydrogen-bond donors (Lipinski definition) is 1. The lowest BCUT2D eigenvalue weighted by atomic mass is 10.1. The van der Waals surface area contributed by atoms with Crippen LogP contribution in [0.1, 0.15) is 18.4 Å². The molecule has 1 saturated heterocycles. The van der Waals surface area contributed by atoms with Gasteiger partial charge >= 0.3 is 5.97 Å². The monoisotopic (exact) mass is 294 g/mol. The van der Waals surface area contributed by atoms with E-state index in [1.54, 1.807) is 6.07 Å². The van der Waals surface area contributed by atoms with Crippen LogP contribution in [0.4, 0.5) is 5.69 Å². The average Bonchev–Trinajstić information content (AvgIpc) is 2.85. The molecular formula is C14H18N2O5. The van der Waals surface area contributed by atoms with Gasteiger partial charge in [-0.3, -0.25) is 19.8 Å². The molecule has 21 heavy (non-hydrogen) atoms. The predicted octanol–water partition coefficient (Wildman–Crippen LogP) is 1.90. The predicted molar refractivity (Wildman–Crippen MR) is 75.3 cm³/mol. The normalized spacial score (nSPS) is 18.6. The van der Waals surface area contributed by atoms with Gasteiger partial charge in [0, 0.05) is 37.2 Å². The summed E-state index contributed by atoms with van der Waals surface area (Å²) >= 11 is 0. The standard InChI is InChI=1S/C14H18N2O5/c1-21-13-3-2-12(16(19)20)7-11(13)9-15-5-4-10(8-15)6-14(17)18/h2-3,7,10H,4-6,8-9H2,1H3,(H,17,18). The summed E-state index contributed by atoms with van der Waals surface area (Å²) < 4.78 is 5.24. The molecule has 1 fully saturated rings. The Hall–Kier alpha value is -2.15. The maximum atomic E-state index is 10.8. The van der Waals surface area contributed by atoms with E-state index in [0.29, 0.717) is 18.8 Å². The molecule has 0 spiro atoms. The van der Waals surface area contributed by atoms with Gasteiger partial charge in [-0.15, -0.1) is 0 Å². The number of aliphatic carboxylic acids is 1. The van der Waals surface area contributed by atoms with Crippen molar-refractivity contribution in [3.8, 4) is 5.75 Å². The summed E-state index contributed by atoms with van der Waals surface area (Å²) in [6.07, 6.45) is 1.01. The van der Waals surface area contributed by atoms with Gasteiger partial charge in [0.1, 0.15) is 5.75 Å². The number of nitrogens with zero attached hydrogens (tertiary/aromatic N) is 2. The highest BCUT2D eigenvalue weighted by Crippen LogP contribution is 2.28. The van der Waals surface area contributed by atoms with Crippen LogP contribution in [-0.4, -0.2) is 41.1 Å². The number of non-ortho nitro benzene ring substituents is 1. The van der Waals surface area contributed by atoms with Crippen molar-refractivity contribution < 1.29 is 19.6 Å². The maximum Gasteiger partial charge on any atom is 0.303 e. The quantitative estimate of drug-likeness (QED) is 0.636. The van der Waals surface area contributed by atoms with Crippen LogP contribution in [-0.2, 0) is 11.3 Å². The van der Waals surface area contributed by atoms with Crippen LogP contribution >= 0.6 is 0 Å². The minimum Gasteiger partial charge on any atom is -0.496 e. The third kappa shape index (κ3) is 3.91. The third-order valence-electron chi connectivity index (χ3n) is 3.70. The number of nitro groups is 1. The van der Waals surface area contributed by atoms with Gasteiger partial charge in [0.25, 0.3) is 5.69 Å².